The summed E-state index contributed by atoms with van der Waals surface area (Å²) in [6.07, 6.45) is 3.61. The van der Waals surface area contributed by atoms with Gasteiger partial charge in [0.05, 0.1) is 19.3 Å². The largest absolute Gasteiger partial charge is 0.268 e. The van der Waals surface area contributed by atoms with Gasteiger partial charge in [-0.3, -0.25) is 4.68 Å². The van der Waals surface area contributed by atoms with E-state index in [1.807, 2.05) is 29.1 Å². The van der Waals surface area contributed by atoms with E-state index in [0.717, 1.165) is 12.1 Å². The van der Waals surface area contributed by atoms with Crippen LogP contribution < -0.4 is 0 Å². The van der Waals surface area contributed by atoms with Gasteiger partial charge in [-0.2, -0.15) is 5.10 Å². The predicted octanol–water partition coefficient (Wildman–Crippen LogP) is 2.74. The number of hydrogen-bond donors (Lipinski definition) is 0. The minimum atomic E-state index is 0.352. The van der Waals surface area contributed by atoms with E-state index in [-0.39, 0.29) is 0 Å². The summed E-state index contributed by atoms with van der Waals surface area (Å²) >= 11 is 0. The Kier molecular flexibility index (Phi) is 3.21. The van der Waals surface area contributed by atoms with E-state index in [2.05, 4.69) is 27.3 Å². The molecule has 0 N–H and O–H groups in total. The number of nitrogens with zero attached hydrogens (tertiary/aromatic N) is 5. The second-order valence-electron chi connectivity index (χ2n) is 3.42. The van der Waals surface area contributed by atoms with E-state index in [9.17, 15) is 0 Å². The minimum Gasteiger partial charge on any atom is -0.268 e. The molecule has 0 saturated heterocycles. The van der Waals surface area contributed by atoms with Gasteiger partial charge in [0, 0.05) is 11.1 Å². The average Bonchev–Trinajstić information content (AvgIpc) is 2.75. The van der Waals surface area contributed by atoms with Crippen LogP contribution in [-0.4, -0.2) is 9.78 Å². The molecule has 0 atom stereocenters. The first-order chi connectivity index (χ1) is 7.88. The molecule has 0 aliphatic heterocycles. The molecule has 2 aromatic rings. The third-order valence-corrected chi connectivity index (χ3v) is 2.19. The van der Waals surface area contributed by atoms with Crippen LogP contribution in [0.1, 0.15) is 11.1 Å². The fourth-order valence-corrected chi connectivity index (χ4v) is 1.46. The number of hydrogen-bond acceptors (Lipinski definition) is 2. The van der Waals surface area contributed by atoms with Crippen LogP contribution >= 0.6 is 0 Å². The highest BCUT2D eigenvalue weighted by atomic mass is 15.3. The van der Waals surface area contributed by atoms with Crippen LogP contribution in [0.15, 0.2) is 47.8 Å². The normalized spacial score (nSPS) is 9.75. The molecule has 1 aromatic heterocycles. The van der Waals surface area contributed by atoms with Gasteiger partial charge in [-0.15, -0.1) is 0 Å². The first kappa shape index (κ1) is 10.3. The van der Waals surface area contributed by atoms with Crippen LogP contribution in [0.25, 0.3) is 10.4 Å². The maximum absolute atomic E-state index is 8.20. The fraction of sp³-hybridized carbons (Fsp3) is 0.182. The second-order valence-corrected chi connectivity index (χ2v) is 3.42. The fourth-order valence-electron chi connectivity index (χ4n) is 1.46. The number of azide groups is 1. The third kappa shape index (κ3) is 2.62. The van der Waals surface area contributed by atoms with E-state index in [1.54, 1.807) is 6.20 Å². The molecular weight excluding hydrogens is 202 g/mol. The molecule has 0 fully saturated rings. The van der Waals surface area contributed by atoms with Crippen molar-refractivity contribution in [2.24, 2.45) is 5.11 Å². The van der Waals surface area contributed by atoms with Crippen molar-refractivity contribution in [2.45, 2.75) is 13.1 Å². The summed E-state index contributed by atoms with van der Waals surface area (Å²) in [5.41, 5.74) is 10.3. The molecule has 0 bridgehead atoms. The van der Waals surface area contributed by atoms with E-state index >= 15 is 0 Å². The Labute approximate surface area is 93.0 Å². The topological polar surface area (TPSA) is 66.6 Å². The van der Waals surface area contributed by atoms with Crippen LogP contribution in [0, 0.1) is 0 Å². The molecule has 1 aromatic carbocycles. The quantitative estimate of drug-likeness (QED) is 0.437. The zero-order chi connectivity index (χ0) is 11.2. The molecule has 0 amide bonds. The molecule has 0 radical (unpaired) electrons. The number of aromatic nitrogens is 2. The number of rotatable bonds is 4. The van der Waals surface area contributed by atoms with Crippen molar-refractivity contribution in [3.63, 3.8) is 0 Å². The molecule has 5 nitrogen and oxygen atoms in total. The summed E-state index contributed by atoms with van der Waals surface area (Å²) in [4.78, 5) is 2.71. The molecule has 1 heterocycles. The van der Waals surface area contributed by atoms with Crippen LogP contribution in [0.3, 0.4) is 0 Å². The Morgan fingerprint density at radius 2 is 2.06 bits per heavy atom. The van der Waals surface area contributed by atoms with Crippen molar-refractivity contribution in [1.82, 2.24) is 9.78 Å². The maximum atomic E-state index is 8.20. The van der Waals surface area contributed by atoms with Crippen molar-refractivity contribution in [1.29, 1.82) is 0 Å². The monoisotopic (exact) mass is 213 g/mol. The Morgan fingerprint density at radius 3 is 2.81 bits per heavy atom. The van der Waals surface area contributed by atoms with Gasteiger partial charge in [0.2, 0.25) is 0 Å². The summed E-state index contributed by atoms with van der Waals surface area (Å²) in [5, 5.41) is 7.69. The van der Waals surface area contributed by atoms with E-state index in [0.29, 0.717) is 6.54 Å². The molecule has 2 rings (SSSR count). The molecule has 16 heavy (non-hydrogen) atoms. The Morgan fingerprint density at radius 1 is 1.25 bits per heavy atom. The van der Waals surface area contributed by atoms with Crippen LogP contribution in [0.5, 0.6) is 0 Å². The Balaban J connectivity index is 2.05. The lowest BCUT2D eigenvalue weighted by molar-refractivity contribution is 0.686. The lowest BCUT2D eigenvalue weighted by Crippen LogP contribution is -1.99. The van der Waals surface area contributed by atoms with Gasteiger partial charge in [0.15, 0.2) is 0 Å². The van der Waals surface area contributed by atoms with Crippen LogP contribution in [0.2, 0.25) is 0 Å². The molecule has 0 aliphatic rings. The Bertz CT molecular complexity index is 496. The third-order valence-electron chi connectivity index (χ3n) is 2.19. The Hall–Kier alpha value is -2.26. The highest BCUT2D eigenvalue weighted by molar-refractivity contribution is 5.15. The van der Waals surface area contributed by atoms with E-state index in [4.69, 9.17) is 5.53 Å². The van der Waals surface area contributed by atoms with Gasteiger partial charge >= 0.3 is 0 Å². The molecule has 0 aliphatic carbocycles. The smallest absolute Gasteiger partial charge is 0.0659 e. The second kappa shape index (κ2) is 5.00. The zero-order valence-electron chi connectivity index (χ0n) is 8.69. The standard InChI is InChI=1S/C11H11N5/c12-15-13-6-11-7-14-16(9-11)8-10-4-2-1-3-5-10/h1-5,7,9H,6,8H2. The molecule has 80 valence electrons. The first-order valence-electron chi connectivity index (χ1n) is 4.94. The van der Waals surface area contributed by atoms with Crippen molar-refractivity contribution < 1.29 is 0 Å². The lowest BCUT2D eigenvalue weighted by Gasteiger charge is -2.00. The SMILES string of the molecule is [N-]=[N+]=NCc1cnn(Cc2ccccc2)c1. The van der Waals surface area contributed by atoms with E-state index < -0.39 is 0 Å². The highest BCUT2D eigenvalue weighted by Crippen LogP contribution is 2.04. The van der Waals surface area contributed by atoms with Crippen molar-refractivity contribution in [3.8, 4) is 0 Å². The van der Waals surface area contributed by atoms with Crippen LogP contribution in [0.4, 0.5) is 0 Å². The molecular formula is C11H11N5. The first-order valence-corrected chi connectivity index (χ1v) is 4.94. The van der Waals surface area contributed by atoms with Gasteiger partial charge in [-0.1, -0.05) is 35.4 Å². The number of benzene rings is 1. The average molecular weight is 213 g/mol. The molecule has 5 heteroatoms. The predicted molar refractivity (Wildman–Crippen MR) is 60.6 cm³/mol. The molecule has 0 saturated carbocycles. The van der Waals surface area contributed by atoms with Gasteiger partial charge in [-0.25, -0.2) is 0 Å². The minimum absolute atomic E-state index is 0.352. The summed E-state index contributed by atoms with van der Waals surface area (Å²) in [7, 11) is 0. The zero-order valence-corrected chi connectivity index (χ0v) is 8.69. The summed E-state index contributed by atoms with van der Waals surface area (Å²) in [6.45, 7) is 1.09. The van der Waals surface area contributed by atoms with E-state index in [1.165, 1.54) is 5.56 Å². The summed E-state index contributed by atoms with van der Waals surface area (Å²) in [5.74, 6) is 0. The van der Waals surface area contributed by atoms with Gasteiger partial charge in [0.1, 0.15) is 0 Å². The summed E-state index contributed by atoms with van der Waals surface area (Å²) in [6, 6.07) is 10.1. The molecule has 0 spiro atoms. The lowest BCUT2D eigenvalue weighted by atomic mass is 10.2. The maximum Gasteiger partial charge on any atom is 0.0659 e. The summed E-state index contributed by atoms with van der Waals surface area (Å²) < 4.78 is 1.83. The van der Waals surface area contributed by atoms with Crippen LogP contribution in [-0.2, 0) is 13.1 Å². The van der Waals surface area contributed by atoms with Crippen molar-refractivity contribution in [2.75, 3.05) is 0 Å². The van der Waals surface area contributed by atoms with Gasteiger partial charge < -0.3 is 0 Å². The van der Waals surface area contributed by atoms with Crippen molar-refractivity contribution in [3.05, 3.63) is 64.3 Å². The highest BCUT2D eigenvalue weighted by Gasteiger charge is 1.98. The van der Waals surface area contributed by atoms with Crippen molar-refractivity contribution >= 4 is 0 Å². The van der Waals surface area contributed by atoms with Gasteiger partial charge in [0.25, 0.3) is 0 Å². The van der Waals surface area contributed by atoms with Gasteiger partial charge in [-0.05, 0) is 16.7 Å². The molecule has 0 unspecified atom stereocenters.